The fourth-order valence-corrected chi connectivity index (χ4v) is 4.01. The molecule has 0 aliphatic carbocycles. The van der Waals surface area contributed by atoms with Gasteiger partial charge in [-0.25, -0.2) is 0 Å². The van der Waals surface area contributed by atoms with Gasteiger partial charge in [0.2, 0.25) is 0 Å². The van der Waals surface area contributed by atoms with Crippen molar-refractivity contribution in [3.05, 3.63) is 0 Å². The van der Waals surface area contributed by atoms with Crippen molar-refractivity contribution in [3.8, 4) is 0 Å². The Balaban J connectivity index is 3.81. The highest BCUT2D eigenvalue weighted by Gasteiger charge is 2.31. The molecule has 0 aromatic heterocycles. The first-order chi connectivity index (χ1) is 9.10. The lowest BCUT2D eigenvalue weighted by Crippen LogP contribution is -2.09. The monoisotopic (exact) mass is 292 g/mol. The molecule has 0 saturated carbocycles. The molecule has 0 aliphatic heterocycles. The lowest BCUT2D eigenvalue weighted by Gasteiger charge is -2.23. The molecule has 0 heterocycles. The lowest BCUT2D eigenvalue weighted by atomic mass is 10.1. The van der Waals surface area contributed by atoms with Gasteiger partial charge >= 0.3 is 7.60 Å². The Hall–Kier alpha value is 0.150. The van der Waals surface area contributed by atoms with Crippen molar-refractivity contribution in [2.45, 2.75) is 84.7 Å². The molecule has 0 saturated heterocycles. The zero-order valence-corrected chi connectivity index (χ0v) is 14.2. The van der Waals surface area contributed by atoms with E-state index in [4.69, 9.17) is 9.05 Å². The molecule has 0 fully saturated rings. The summed E-state index contributed by atoms with van der Waals surface area (Å²) in [6.07, 6.45) is 9.90. The normalized spacial score (nSPS) is 13.7. The number of hydrogen-bond acceptors (Lipinski definition) is 3. The molecular weight excluding hydrogens is 259 g/mol. The Labute approximate surface area is 120 Å². The average Bonchev–Trinajstić information content (AvgIpc) is 2.38. The number of rotatable bonds is 13. The summed E-state index contributed by atoms with van der Waals surface area (Å²) < 4.78 is 23.2. The van der Waals surface area contributed by atoms with E-state index in [1.165, 1.54) is 38.5 Å². The highest BCUT2D eigenvalue weighted by Crippen LogP contribution is 2.54. The largest absolute Gasteiger partial charge is 0.333 e. The summed E-state index contributed by atoms with van der Waals surface area (Å²) in [5.74, 6) is 0. The molecule has 3 nitrogen and oxygen atoms in total. The topological polar surface area (TPSA) is 35.5 Å². The molecule has 0 aliphatic rings. The zero-order valence-electron chi connectivity index (χ0n) is 13.3. The first kappa shape index (κ1) is 19.1. The molecule has 1 atom stereocenters. The Morgan fingerprint density at radius 1 is 0.842 bits per heavy atom. The van der Waals surface area contributed by atoms with Gasteiger partial charge in [-0.2, -0.15) is 0 Å². The summed E-state index contributed by atoms with van der Waals surface area (Å²) in [5, 5.41) is 0. The van der Waals surface area contributed by atoms with Gasteiger partial charge in [-0.1, -0.05) is 58.8 Å². The van der Waals surface area contributed by atoms with E-state index in [9.17, 15) is 4.57 Å². The molecule has 1 unspecified atom stereocenters. The Morgan fingerprint density at radius 2 is 1.32 bits per heavy atom. The summed E-state index contributed by atoms with van der Waals surface area (Å²) in [7, 11) is -2.88. The van der Waals surface area contributed by atoms with Crippen molar-refractivity contribution >= 4 is 7.60 Å². The van der Waals surface area contributed by atoms with Crippen LogP contribution in [0.3, 0.4) is 0 Å². The summed E-state index contributed by atoms with van der Waals surface area (Å²) in [4.78, 5) is 0. The molecule has 0 bridgehead atoms. The van der Waals surface area contributed by atoms with Gasteiger partial charge in [-0.3, -0.25) is 4.57 Å². The van der Waals surface area contributed by atoms with Gasteiger partial charge in [-0.15, -0.1) is 0 Å². The highest BCUT2D eigenvalue weighted by molar-refractivity contribution is 7.54. The van der Waals surface area contributed by atoms with E-state index in [0.29, 0.717) is 13.2 Å². The minimum absolute atomic E-state index is 0.0167. The summed E-state index contributed by atoms with van der Waals surface area (Å²) in [6.45, 7) is 8.87. The molecule has 0 rings (SSSR count). The van der Waals surface area contributed by atoms with Gasteiger partial charge in [0.25, 0.3) is 0 Å². The van der Waals surface area contributed by atoms with E-state index in [0.717, 1.165) is 12.8 Å². The summed E-state index contributed by atoms with van der Waals surface area (Å²) in [6, 6.07) is 0. The van der Waals surface area contributed by atoms with Gasteiger partial charge in [0.05, 0.1) is 18.9 Å². The van der Waals surface area contributed by atoms with Crippen LogP contribution in [0.5, 0.6) is 0 Å². The molecule has 19 heavy (non-hydrogen) atoms. The van der Waals surface area contributed by atoms with Crippen LogP contribution in [-0.4, -0.2) is 18.9 Å². The predicted molar refractivity (Wildman–Crippen MR) is 82.9 cm³/mol. The maximum Gasteiger partial charge on any atom is 0.333 e. The maximum atomic E-state index is 12.5. The molecule has 0 aromatic carbocycles. The Kier molecular flexibility index (Phi) is 12.0. The highest BCUT2D eigenvalue weighted by atomic mass is 31.2. The van der Waals surface area contributed by atoms with Crippen LogP contribution < -0.4 is 0 Å². The summed E-state index contributed by atoms with van der Waals surface area (Å²) >= 11 is 0. The number of unbranched alkanes of at least 4 members (excludes halogenated alkanes) is 6. The van der Waals surface area contributed by atoms with E-state index in [1.54, 1.807) is 0 Å². The third-order valence-electron chi connectivity index (χ3n) is 3.38. The first-order valence-electron chi connectivity index (χ1n) is 7.99. The van der Waals surface area contributed by atoms with Gasteiger partial charge in [-0.05, 0) is 20.3 Å². The van der Waals surface area contributed by atoms with Crippen molar-refractivity contribution in [2.24, 2.45) is 0 Å². The van der Waals surface area contributed by atoms with Gasteiger partial charge in [0.1, 0.15) is 0 Å². The molecule has 0 aromatic rings. The first-order valence-corrected chi connectivity index (χ1v) is 9.60. The van der Waals surface area contributed by atoms with Crippen LogP contribution in [-0.2, 0) is 13.6 Å². The standard InChI is InChI=1S/C15H33O3P/c1-5-8-9-10-11-12-13-14-15(4)19(16,17-6-2)18-7-3/h15H,5-14H2,1-4H3. The quantitative estimate of drug-likeness (QED) is 0.319. The van der Waals surface area contributed by atoms with Crippen LogP contribution in [0.2, 0.25) is 0 Å². The van der Waals surface area contributed by atoms with E-state index in [-0.39, 0.29) is 5.66 Å². The maximum absolute atomic E-state index is 12.5. The SMILES string of the molecule is CCCCCCCCCC(C)P(=O)(OCC)OCC. The van der Waals surface area contributed by atoms with E-state index in [1.807, 2.05) is 20.8 Å². The molecule has 0 radical (unpaired) electrons. The second-order valence-electron chi connectivity index (χ2n) is 5.13. The molecule has 4 heteroatoms. The average molecular weight is 292 g/mol. The van der Waals surface area contributed by atoms with E-state index in [2.05, 4.69) is 6.92 Å². The van der Waals surface area contributed by atoms with Crippen LogP contribution in [0.4, 0.5) is 0 Å². The minimum atomic E-state index is -2.88. The molecule has 0 amide bonds. The Bertz CT molecular complexity index is 234. The smallest absolute Gasteiger partial charge is 0.309 e. The Morgan fingerprint density at radius 3 is 1.79 bits per heavy atom. The second kappa shape index (κ2) is 11.9. The van der Waals surface area contributed by atoms with Crippen LogP contribution >= 0.6 is 7.60 Å². The molecular formula is C15H33O3P. The number of hydrogen-bond donors (Lipinski definition) is 0. The molecule has 0 spiro atoms. The zero-order chi connectivity index (χ0) is 14.6. The summed E-state index contributed by atoms with van der Waals surface area (Å²) in [5.41, 5.74) is 0.0167. The van der Waals surface area contributed by atoms with Crippen molar-refractivity contribution in [1.82, 2.24) is 0 Å². The molecule has 0 N–H and O–H groups in total. The van der Waals surface area contributed by atoms with Crippen molar-refractivity contribution in [3.63, 3.8) is 0 Å². The predicted octanol–water partition coefficient (Wildman–Crippen LogP) is 5.78. The van der Waals surface area contributed by atoms with Crippen LogP contribution in [0.25, 0.3) is 0 Å². The minimum Gasteiger partial charge on any atom is -0.309 e. The third kappa shape index (κ3) is 8.83. The molecule has 116 valence electrons. The van der Waals surface area contributed by atoms with Crippen LogP contribution in [0.1, 0.15) is 79.1 Å². The van der Waals surface area contributed by atoms with Gasteiger partial charge in [0.15, 0.2) is 0 Å². The van der Waals surface area contributed by atoms with Crippen molar-refractivity contribution in [1.29, 1.82) is 0 Å². The third-order valence-corrected chi connectivity index (χ3v) is 5.96. The van der Waals surface area contributed by atoms with E-state index >= 15 is 0 Å². The van der Waals surface area contributed by atoms with Crippen molar-refractivity contribution < 1.29 is 13.6 Å². The van der Waals surface area contributed by atoms with Gasteiger partial charge in [0, 0.05) is 0 Å². The lowest BCUT2D eigenvalue weighted by molar-refractivity contribution is 0.211. The van der Waals surface area contributed by atoms with Crippen LogP contribution in [0, 0.1) is 0 Å². The fourth-order valence-electron chi connectivity index (χ4n) is 2.21. The van der Waals surface area contributed by atoms with E-state index < -0.39 is 7.60 Å². The van der Waals surface area contributed by atoms with Crippen molar-refractivity contribution in [2.75, 3.05) is 13.2 Å². The van der Waals surface area contributed by atoms with Crippen LogP contribution in [0.15, 0.2) is 0 Å². The fraction of sp³-hybridized carbons (Fsp3) is 1.00. The van der Waals surface area contributed by atoms with Gasteiger partial charge < -0.3 is 9.05 Å². The second-order valence-corrected chi connectivity index (χ2v) is 7.61.